The van der Waals surface area contributed by atoms with Crippen LogP contribution in [0.1, 0.15) is 19.4 Å². The number of halogens is 1. The molecule has 1 fully saturated rings. The van der Waals surface area contributed by atoms with Gasteiger partial charge in [0.1, 0.15) is 18.4 Å². The van der Waals surface area contributed by atoms with E-state index in [4.69, 9.17) is 16.3 Å². The Kier molecular flexibility index (Phi) is 5.81. The van der Waals surface area contributed by atoms with Crippen LogP contribution in [0.3, 0.4) is 0 Å². The van der Waals surface area contributed by atoms with Crippen LogP contribution < -0.4 is 15.4 Å². The zero-order valence-electron chi connectivity index (χ0n) is 13.4. The number of para-hydroxylation sites is 1. The molecule has 2 N–H and O–H groups in total. The summed E-state index contributed by atoms with van der Waals surface area (Å²) in [7, 11) is 0. The lowest BCUT2D eigenvalue weighted by Crippen LogP contribution is -2.57. The maximum absolute atomic E-state index is 12.1. The Bertz CT molecular complexity index is 587. The molecule has 2 rings (SSSR count). The molecule has 0 radical (unpaired) electrons. The molecule has 126 valence electrons. The Morgan fingerprint density at radius 2 is 2.26 bits per heavy atom. The fourth-order valence-corrected chi connectivity index (χ4v) is 3.41. The summed E-state index contributed by atoms with van der Waals surface area (Å²) >= 11 is 7.56. The van der Waals surface area contributed by atoms with Crippen LogP contribution in [0.2, 0.25) is 5.02 Å². The average molecular weight is 357 g/mol. The normalized spacial score (nSPS) is 19.8. The van der Waals surface area contributed by atoms with E-state index in [2.05, 4.69) is 10.6 Å². The van der Waals surface area contributed by atoms with Crippen molar-refractivity contribution in [1.29, 1.82) is 0 Å². The van der Waals surface area contributed by atoms with E-state index >= 15 is 0 Å². The highest BCUT2D eigenvalue weighted by atomic mass is 35.5. The molecule has 0 bridgehead atoms. The Balaban J connectivity index is 1.76. The van der Waals surface area contributed by atoms with E-state index in [-0.39, 0.29) is 11.8 Å². The van der Waals surface area contributed by atoms with Crippen LogP contribution in [-0.2, 0) is 9.59 Å². The van der Waals surface area contributed by atoms with Crippen LogP contribution >= 0.6 is 23.4 Å². The van der Waals surface area contributed by atoms with Gasteiger partial charge in [0.15, 0.2) is 0 Å². The molecule has 0 aliphatic carbocycles. The van der Waals surface area contributed by atoms with E-state index < -0.39 is 10.8 Å². The fraction of sp³-hybridized carbons (Fsp3) is 0.500. The minimum atomic E-state index is -0.498. The van der Waals surface area contributed by atoms with Gasteiger partial charge >= 0.3 is 0 Å². The Labute approximate surface area is 145 Å². The predicted molar refractivity (Wildman–Crippen MR) is 93.2 cm³/mol. The van der Waals surface area contributed by atoms with Crippen molar-refractivity contribution in [3.8, 4) is 5.75 Å². The highest BCUT2D eigenvalue weighted by Gasteiger charge is 2.37. The van der Waals surface area contributed by atoms with Gasteiger partial charge in [0, 0.05) is 5.75 Å². The molecular weight excluding hydrogens is 336 g/mol. The summed E-state index contributed by atoms with van der Waals surface area (Å²) in [5.41, 5.74) is 0.946. The number of hydrogen-bond acceptors (Lipinski definition) is 4. The van der Waals surface area contributed by atoms with Gasteiger partial charge in [-0.15, -0.1) is 11.8 Å². The zero-order chi connectivity index (χ0) is 17.0. The first kappa shape index (κ1) is 17.9. The van der Waals surface area contributed by atoms with Crippen LogP contribution in [-0.4, -0.2) is 41.5 Å². The maximum Gasteiger partial charge on any atom is 0.243 e. The predicted octanol–water partition coefficient (Wildman–Crippen LogP) is 2.15. The Hall–Kier alpha value is -1.40. The number of nitrogens with one attached hydrogen (secondary N) is 2. The molecule has 7 heteroatoms. The van der Waals surface area contributed by atoms with Crippen LogP contribution in [0, 0.1) is 6.92 Å². The zero-order valence-corrected chi connectivity index (χ0v) is 15.0. The molecule has 1 aromatic rings. The SMILES string of the molecule is Cc1cccc(Cl)c1OCCNC(=O)C1CSC(C)(C)C(=O)N1. The van der Waals surface area contributed by atoms with Crippen molar-refractivity contribution in [2.45, 2.75) is 31.6 Å². The lowest BCUT2D eigenvalue weighted by molar-refractivity contribution is -0.129. The molecule has 5 nitrogen and oxygen atoms in total. The van der Waals surface area contributed by atoms with Gasteiger partial charge in [-0.2, -0.15) is 0 Å². The average Bonchev–Trinajstić information content (AvgIpc) is 2.48. The second-order valence-electron chi connectivity index (χ2n) is 5.87. The fourth-order valence-electron chi connectivity index (χ4n) is 2.12. The molecule has 1 heterocycles. The molecule has 0 spiro atoms. The first-order valence-corrected chi connectivity index (χ1v) is 8.78. The molecule has 1 aromatic carbocycles. The van der Waals surface area contributed by atoms with Crippen molar-refractivity contribution in [2.75, 3.05) is 18.9 Å². The van der Waals surface area contributed by atoms with Gasteiger partial charge in [-0.1, -0.05) is 23.7 Å². The molecule has 1 aliphatic rings. The smallest absolute Gasteiger partial charge is 0.243 e. The molecule has 0 saturated carbocycles. The summed E-state index contributed by atoms with van der Waals surface area (Å²) in [6.07, 6.45) is 0. The minimum Gasteiger partial charge on any atom is -0.490 e. The van der Waals surface area contributed by atoms with Crippen LogP contribution in [0.4, 0.5) is 0 Å². The third-order valence-electron chi connectivity index (χ3n) is 3.59. The molecule has 1 aliphatic heterocycles. The number of carbonyl (C=O) groups is 2. The monoisotopic (exact) mass is 356 g/mol. The van der Waals surface area contributed by atoms with Crippen molar-refractivity contribution >= 4 is 35.2 Å². The van der Waals surface area contributed by atoms with Gasteiger partial charge in [0.25, 0.3) is 0 Å². The third kappa shape index (κ3) is 4.54. The number of benzene rings is 1. The van der Waals surface area contributed by atoms with Gasteiger partial charge in [0.05, 0.1) is 16.3 Å². The largest absolute Gasteiger partial charge is 0.490 e. The van der Waals surface area contributed by atoms with Crippen molar-refractivity contribution in [2.24, 2.45) is 0 Å². The summed E-state index contributed by atoms with van der Waals surface area (Å²) in [6, 6.07) is 5.04. The minimum absolute atomic E-state index is 0.114. The quantitative estimate of drug-likeness (QED) is 0.793. The van der Waals surface area contributed by atoms with Crippen molar-refractivity contribution in [3.05, 3.63) is 28.8 Å². The number of hydrogen-bond donors (Lipinski definition) is 2. The highest BCUT2D eigenvalue weighted by Crippen LogP contribution is 2.29. The molecule has 1 saturated heterocycles. The second-order valence-corrected chi connectivity index (χ2v) is 7.92. The highest BCUT2D eigenvalue weighted by molar-refractivity contribution is 8.01. The number of aryl methyl sites for hydroxylation is 1. The summed E-state index contributed by atoms with van der Waals surface area (Å²) in [4.78, 5) is 23.9. The number of rotatable bonds is 5. The standard InChI is InChI=1S/C16H21ClN2O3S/c1-10-5-4-6-11(17)13(10)22-8-7-18-14(20)12-9-23-16(2,3)15(21)19-12/h4-6,12H,7-9H2,1-3H3,(H,18,20)(H,19,21). The van der Waals surface area contributed by atoms with Crippen LogP contribution in [0.25, 0.3) is 0 Å². The van der Waals surface area contributed by atoms with Crippen molar-refractivity contribution < 1.29 is 14.3 Å². The van der Waals surface area contributed by atoms with E-state index in [1.54, 1.807) is 6.07 Å². The molecule has 0 aromatic heterocycles. The first-order chi connectivity index (χ1) is 10.8. The lowest BCUT2D eigenvalue weighted by Gasteiger charge is -2.32. The number of thioether (sulfide) groups is 1. The van der Waals surface area contributed by atoms with Crippen molar-refractivity contribution in [3.63, 3.8) is 0 Å². The van der Waals surface area contributed by atoms with Gasteiger partial charge in [-0.3, -0.25) is 9.59 Å². The van der Waals surface area contributed by atoms with E-state index in [0.29, 0.717) is 29.7 Å². The third-order valence-corrected chi connectivity index (χ3v) is 5.30. The van der Waals surface area contributed by atoms with Gasteiger partial charge < -0.3 is 15.4 Å². The number of carbonyl (C=O) groups excluding carboxylic acids is 2. The van der Waals surface area contributed by atoms with Gasteiger partial charge in [0.2, 0.25) is 11.8 Å². The molecule has 1 atom stereocenters. The summed E-state index contributed by atoms with van der Waals surface area (Å²) in [6.45, 7) is 6.28. The summed E-state index contributed by atoms with van der Waals surface area (Å²) in [5.74, 6) is 0.888. The Morgan fingerprint density at radius 3 is 2.91 bits per heavy atom. The van der Waals surface area contributed by atoms with E-state index in [1.165, 1.54) is 11.8 Å². The molecular formula is C16H21ClN2O3S. The molecule has 23 heavy (non-hydrogen) atoms. The van der Waals surface area contributed by atoms with E-state index in [1.807, 2.05) is 32.9 Å². The van der Waals surface area contributed by atoms with Crippen molar-refractivity contribution in [1.82, 2.24) is 10.6 Å². The Morgan fingerprint density at radius 1 is 1.52 bits per heavy atom. The van der Waals surface area contributed by atoms with Gasteiger partial charge in [-0.05, 0) is 32.4 Å². The van der Waals surface area contributed by atoms with Crippen LogP contribution in [0.15, 0.2) is 18.2 Å². The van der Waals surface area contributed by atoms with Gasteiger partial charge in [-0.25, -0.2) is 0 Å². The lowest BCUT2D eigenvalue weighted by atomic mass is 10.1. The summed E-state index contributed by atoms with van der Waals surface area (Å²) in [5, 5.41) is 6.07. The topological polar surface area (TPSA) is 67.4 Å². The first-order valence-electron chi connectivity index (χ1n) is 7.42. The number of ether oxygens (including phenoxy) is 1. The molecule has 1 unspecified atom stereocenters. The summed E-state index contributed by atoms with van der Waals surface area (Å²) < 4.78 is 5.14. The number of amides is 2. The maximum atomic E-state index is 12.1. The van der Waals surface area contributed by atoms with Crippen LogP contribution in [0.5, 0.6) is 5.75 Å². The second kappa shape index (κ2) is 7.45. The van der Waals surface area contributed by atoms with E-state index in [9.17, 15) is 9.59 Å². The van der Waals surface area contributed by atoms with E-state index in [0.717, 1.165) is 5.56 Å². The molecule has 2 amide bonds.